The number of ether oxygens (including phenoxy) is 1. The fraction of sp³-hybridized carbons (Fsp3) is 0.333. The molecule has 12 heavy (non-hydrogen) atoms. The van der Waals surface area contributed by atoms with E-state index in [-0.39, 0.29) is 5.95 Å². The number of hydrogen-bond donors (Lipinski definition) is 0. The van der Waals surface area contributed by atoms with Crippen LogP contribution in [0.25, 0.3) is 10.4 Å². The highest BCUT2D eigenvalue weighted by molar-refractivity contribution is 5.19. The summed E-state index contributed by atoms with van der Waals surface area (Å²) in [6.45, 7) is 2.36. The Labute approximate surface area is 68.8 Å². The molecule has 0 aliphatic rings. The standard InChI is InChI=1S/C6H7N5O/c1-2-12-5-3-4-8-6(9-5)10-11-7/h3-4H,2H2,1H3. The predicted molar refractivity (Wildman–Crippen MR) is 42.0 cm³/mol. The van der Waals surface area contributed by atoms with Crippen LogP contribution in [0, 0.1) is 0 Å². The Morgan fingerprint density at radius 2 is 2.58 bits per heavy atom. The summed E-state index contributed by atoms with van der Waals surface area (Å²) in [4.78, 5) is 10.0. The van der Waals surface area contributed by atoms with E-state index >= 15 is 0 Å². The van der Waals surface area contributed by atoms with Crippen molar-refractivity contribution >= 4 is 5.95 Å². The highest BCUT2D eigenvalue weighted by Crippen LogP contribution is 2.10. The van der Waals surface area contributed by atoms with Crippen molar-refractivity contribution < 1.29 is 4.74 Å². The third-order valence-electron chi connectivity index (χ3n) is 1.04. The van der Waals surface area contributed by atoms with Crippen LogP contribution in [0.4, 0.5) is 5.95 Å². The van der Waals surface area contributed by atoms with E-state index < -0.39 is 0 Å². The minimum Gasteiger partial charge on any atom is -0.478 e. The maximum atomic E-state index is 8.08. The molecular formula is C6H7N5O. The summed E-state index contributed by atoms with van der Waals surface area (Å²) >= 11 is 0. The van der Waals surface area contributed by atoms with Gasteiger partial charge in [-0.3, -0.25) is 0 Å². The average molecular weight is 165 g/mol. The van der Waals surface area contributed by atoms with Crippen molar-refractivity contribution in [1.29, 1.82) is 0 Å². The lowest BCUT2D eigenvalue weighted by Gasteiger charge is -1.99. The Morgan fingerprint density at radius 3 is 3.25 bits per heavy atom. The Bertz CT molecular complexity index is 307. The van der Waals surface area contributed by atoms with Gasteiger partial charge in [0, 0.05) is 17.2 Å². The van der Waals surface area contributed by atoms with Crippen LogP contribution >= 0.6 is 0 Å². The Kier molecular flexibility index (Phi) is 2.87. The van der Waals surface area contributed by atoms with Gasteiger partial charge in [0.2, 0.25) is 11.8 Å². The molecule has 0 saturated carbocycles. The Balaban J connectivity index is 2.87. The summed E-state index contributed by atoms with van der Waals surface area (Å²) in [6.07, 6.45) is 1.47. The maximum absolute atomic E-state index is 8.08. The van der Waals surface area contributed by atoms with Gasteiger partial charge in [-0.2, -0.15) is 4.98 Å². The molecule has 0 aliphatic heterocycles. The molecule has 1 rings (SSSR count). The van der Waals surface area contributed by atoms with E-state index in [1.165, 1.54) is 6.20 Å². The third-order valence-corrected chi connectivity index (χ3v) is 1.04. The predicted octanol–water partition coefficient (Wildman–Crippen LogP) is 1.82. The fourth-order valence-electron chi connectivity index (χ4n) is 0.649. The average Bonchev–Trinajstić information content (AvgIpc) is 2.06. The van der Waals surface area contributed by atoms with Crippen LogP contribution in [0.2, 0.25) is 0 Å². The Hall–Kier alpha value is -1.81. The molecule has 1 heterocycles. The van der Waals surface area contributed by atoms with E-state index in [2.05, 4.69) is 20.0 Å². The number of rotatable bonds is 3. The summed E-state index contributed by atoms with van der Waals surface area (Å²) < 4.78 is 5.06. The van der Waals surface area contributed by atoms with Crippen LogP contribution in [0.1, 0.15) is 6.92 Å². The zero-order valence-corrected chi connectivity index (χ0v) is 6.51. The van der Waals surface area contributed by atoms with E-state index in [4.69, 9.17) is 10.3 Å². The lowest BCUT2D eigenvalue weighted by atomic mass is 10.6. The first-order chi connectivity index (χ1) is 5.86. The molecule has 1 aromatic heterocycles. The molecule has 0 bridgehead atoms. The lowest BCUT2D eigenvalue weighted by molar-refractivity contribution is 0.326. The van der Waals surface area contributed by atoms with Crippen LogP contribution in [-0.2, 0) is 0 Å². The minimum atomic E-state index is 0.0726. The highest BCUT2D eigenvalue weighted by Gasteiger charge is 1.95. The molecule has 0 unspecified atom stereocenters. The zero-order chi connectivity index (χ0) is 8.81. The molecule has 0 fully saturated rings. The van der Waals surface area contributed by atoms with Crippen molar-refractivity contribution in [3.05, 3.63) is 22.7 Å². The zero-order valence-electron chi connectivity index (χ0n) is 6.51. The normalized spacial score (nSPS) is 8.75. The second-order valence-electron chi connectivity index (χ2n) is 1.82. The summed E-state index contributed by atoms with van der Waals surface area (Å²) in [7, 11) is 0. The topological polar surface area (TPSA) is 83.8 Å². The van der Waals surface area contributed by atoms with Gasteiger partial charge < -0.3 is 4.74 Å². The molecule has 0 atom stereocenters. The van der Waals surface area contributed by atoms with E-state index in [0.29, 0.717) is 12.5 Å². The first-order valence-corrected chi connectivity index (χ1v) is 3.37. The van der Waals surface area contributed by atoms with Crippen molar-refractivity contribution in [2.24, 2.45) is 5.11 Å². The second-order valence-corrected chi connectivity index (χ2v) is 1.82. The number of aromatic nitrogens is 2. The van der Waals surface area contributed by atoms with Crippen molar-refractivity contribution in [3.8, 4) is 5.88 Å². The monoisotopic (exact) mass is 165 g/mol. The van der Waals surface area contributed by atoms with Gasteiger partial charge in [0.05, 0.1) is 6.61 Å². The lowest BCUT2D eigenvalue weighted by Crippen LogP contribution is -1.94. The second kappa shape index (κ2) is 4.15. The van der Waals surface area contributed by atoms with Crippen LogP contribution < -0.4 is 4.74 Å². The molecule has 0 amide bonds. The Morgan fingerprint density at radius 1 is 1.75 bits per heavy atom. The first-order valence-electron chi connectivity index (χ1n) is 3.37. The van der Waals surface area contributed by atoms with Gasteiger partial charge in [-0.15, -0.1) is 0 Å². The SMILES string of the molecule is CCOc1ccnc(N=[N+]=[N-])n1. The molecule has 0 radical (unpaired) electrons. The first kappa shape index (κ1) is 8.29. The highest BCUT2D eigenvalue weighted by atomic mass is 16.5. The van der Waals surface area contributed by atoms with Crippen LogP contribution in [0.15, 0.2) is 17.4 Å². The number of hydrogen-bond acceptors (Lipinski definition) is 4. The number of azide groups is 1. The van der Waals surface area contributed by atoms with Gasteiger partial charge in [-0.05, 0) is 17.6 Å². The summed E-state index contributed by atoms with van der Waals surface area (Å²) in [5, 5.41) is 3.23. The van der Waals surface area contributed by atoms with Crippen molar-refractivity contribution in [1.82, 2.24) is 9.97 Å². The quantitative estimate of drug-likeness (QED) is 0.389. The molecule has 0 saturated heterocycles. The molecule has 6 heteroatoms. The summed E-state index contributed by atoms with van der Waals surface area (Å²) in [5.41, 5.74) is 8.08. The van der Waals surface area contributed by atoms with Crippen molar-refractivity contribution in [2.75, 3.05) is 6.61 Å². The van der Waals surface area contributed by atoms with Crippen molar-refractivity contribution in [2.45, 2.75) is 6.92 Å². The third kappa shape index (κ3) is 2.10. The van der Waals surface area contributed by atoms with Gasteiger partial charge in [-0.25, -0.2) is 4.98 Å². The summed E-state index contributed by atoms with van der Waals surface area (Å²) in [6, 6.07) is 1.60. The molecule has 0 aromatic carbocycles. The van der Waals surface area contributed by atoms with E-state index in [9.17, 15) is 0 Å². The van der Waals surface area contributed by atoms with E-state index in [0.717, 1.165) is 0 Å². The van der Waals surface area contributed by atoms with Gasteiger partial charge in [0.1, 0.15) is 0 Å². The molecule has 1 aromatic rings. The summed E-state index contributed by atoms with van der Waals surface area (Å²) in [5.74, 6) is 0.485. The molecule has 0 aliphatic carbocycles. The van der Waals surface area contributed by atoms with Gasteiger partial charge in [-0.1, -0.05) is 0 Å². The smallest absolute Gasteiger partial charge is 0.219 e. The van der Waals surface area contributed by atoms with Crippen LogP contribution in [0.3, 0.4) is 0 Å². The minimum absolute atomic E-state index is 0.0726. The molecular weight excluding hydrogens is 158 g/mol. The molecule has 0 N–H and O–H groups in total. The van der Waals surface area contributed by atoms with Gasteiger partial charge in [0.25, 0.3) is 0 Å². The maximum Gasteiger partial charge on any atom is 0.219 e. The van der Waals surface area contributed by atoms with Crippen molar-refractivity contribution in [3.63, 3.8) is 0 Å². The molecule has 62 valence electrons. The van der Waals surface area contributed by atoms with Gasteiger partial charge >= 0.3 is 0 Å². The largest absolute Gasteiger partial charge is 0.478 e. The molecule has 0 spiro atoms. The van der Waals surface area contributed by atoms with E-state index in [1.54, 1.807) is 6.07 Å². The van der Waals surface area contributed by atoms with Crippen LogP contribution in [0.5, 0.6) is 5.88 Å². The molecule has 6 nitrogen and oxygen atoms in total. The fourth-order valence-corrected chi connectivity index (χ4v) is 0.649. The van der Waals surface area contributed by atoms with E-state index in [1.807, 2.05) is 6.92 Å². The van der Waals surface area contributed by atoms with Gasteiger partial charge in [0.15, 0.2) is 0 Å². The number of nitrogens with zero attached hydrogens (tertiary/aromatic N) is 5. The van der Waals surface area contributed by atoms with Crippen LogP contribution in [-0.4, -0.2) is 16.6 Å².